The van der Waals surface area contributed by atoms with E-state index < -0.39 is 0 Å². The summed E-state index contributed by atoms with van der Waals surface area (Å²) < 4.78 is 13.0. The molecule has 1 heterocycles. The molecule has 3 nitrogen and oxygen atoms in total. The summed E-state index contributed by atoms with van der Waals surface area (Å²) in [7, 11) is 0. The van der Waals surface area contributed by atoms with E-state index in [0.717, 1.165) is 22.2 Å². The van der Waals surface area contributed by atoms with Gasteiger partial charge in [-0.15, -0.1) is 0 Å². The molecule has 3 aromatic carbocycles. The summed E-state index contributed by atoms with van der Waals surface area (Å²) in [4.78, 5) is 15.9. The van der Waals surface area contributed by atoms with Crippen LogP contribution < -0.4 is 5.32 Å². The van der Waals surface area contributed by atoms with E-state index in [1.165, 1.54) is 35.4 Å². The third kappa shape index (κ3) is 3.54. The van der Waals surface area contributed by atoms with E-state index in [0.29, 0.717) is 5.56 Å². The predicted octanol–water partition coefficient (Wildman–Crippen LogP) is 5.77. The zero-order valence-electron chi connectivity index (χ0n) is 15.8. The molecule has 2 N–H and O–H groups in total. The SMILES string of the molecule is Cc1ccccc1-c1cc2cc(C(C)NC(=O)c3ccc(F)cc3)ccc2[nH]1. The van der Waals surface area contributed by atoms with Crippen molar-refractivity contribution in [2.45, 2.75) is 19.9 Å². The fourth-order valence-electron chi connectivity index (χ4n) is 3.41. The number of hydrogen-bond acceptors (Lipinski definition) is 1. The van der Waals surface area contributed by atoms with Crippen molar-refractivity contribution < 1.29 is 9.18 Å². The predicted molar refractivity (Wildman–Crippen MR) is 111 cm³/mol. The van der Waals surface area contributed by atoms with Crippen LogP contribution in [0.4, 0.5) is 4.39 Å². The van der Waals surface area contributed by atoms with E-state index in [9.17, 15) is 9.18 Å². The molecule has 4 aromatic rings. The summed E-state index contributed by atoms with van der Waals surface area (Å²) >= 11 is 0. The summed E-state index contributed by atoms with van der Waals surface area (Å²) in [5, 5.41) is 4.07. The molecule has 0 bridgehead atoms. The number of fused-ring (bicyclic) bond motifs is 1. The number of amides is 1. The van der Waals surface area contributed by atoms with Crippen LogP contribution in [-0.4, -0.2) is 10.9 Å². The van der Waals surface area contributed by atoms with Gasteiger partial charge in [-0.1, -0.05) is 30.3 Å². The van der Waals surface area contributed by atoms with Gasteiger partial charge in [0.15, 0.2) is 0 Å². The molecule has 1 atom stereocenters. The molecular weight excluding hydrogens is 351 g/mol. The lowest BCUT2D eigenvalue weighted by atomic mass is 10.0. The lowest BCUT2D eigenvalue weighted by molar-refractivity contribution is 0.0940. The minimum Gasteiger partial charge on any atom is -0.355 e. The molecule has 0 aliphatic carbocycles. The van der Waals surface area contributed by atoms with Crippen molar-refractivity contribution in [1.29, 1.82) is 0 Å². The van der Waals surface area contributed by atoms with Crippen LogP contribution in [0.25, 0.3) is 22.2 Å². The van der Waals surface area contributed by atoms with E-state index in [4.69, 9.17) is 0 Å². The number of hydrogen-bond donors (Lipinski definition) is 2. The number of rotatable bonds is 4. The Hall–Kier alpha value is -3.40. The van der Waals surface area contributed by atoms with Crippen LogP contribution in [0.5, 0.6) is 0 Å². The molecule has 0 radical (unpaired) electrons. The number of nitrogens with one attached hydrogen (secondary N) is 2. The number of benzene rings is 3. The third-order valence-corrected chi connectivity index (χ3v) is 5.03. The second-order valence-corrected chi connectivity index (χ2v) is 7.05. The minimum atomic E-state index is -0.355. The van der Waals surface area contributed by atoms with Gasteiger partial charge in [0.1, 0.15) is 5.82 Å². The Morgan fingerprint density at radius 2 is 1.75 bits per heavy atom. The third-order valence-electron chi connectivity index (χ3n) is 5.03. The van der Waals surface area contributed by atoms with Gasteiger partial charge in [-0.3, -0.25) is 4.79 Å². The summed E-state index contributed by atoms with van der Waals surface area (Å²) in [5.41, 5.74) is 5.98. The average molecular weight is 372 g/mol. The number of halogens is 1. The van der Waals surface area contributed by atoms with Crippen LogP contribution in [0.2, 0.25) is 0 Å². The first-order valence-electron chi connectivity index (χ1n) is 9.26. The first kappa shape index (κ1) is 18.0. The molecule has 1 amide bonds. The first-order chi connectivity index (χ1) is 13.5. The Morgan fingerprint density at radius 1 is 1.00 bits per heavy atom. The topological polar surface area (TPSA) is 44.9 Å². The monoisotopic (exact) mass is 372 g/mol. The fourth-order valence-corrected chi connectivity index (χ4v) is 3.41. The van der Waals surface area contributed by atoms with Crippen LogP contribution in [-0.2, 0) is 0 Å². The van der Waals surface area contributed by atoms with E-state index >= 15 is 0 Å². The standard InChI is InChI=1S/C24H21FN2O/c1-15-5-3-4-6-21(15)23-14-19-13-18(9-12-22(19)27-23)16(2)26-24(28)17-7-10-20(25)11-8-17/h3-14,16,27H,1-2H3,(H,26,28). The average Bonchev–Trinajstić information content (AvgIpc) is 3.11. The largest absolute Gasteiger partial charge is 0.355 e. The van der Waals surface area contributed by atoms with Crippen molar-refractivity contribution >= 4 is 16.8 Å². The van der Waals surface area contributed by atoms with E-state index in [1.54, 1.807) is 0 Å². The van der Waals surface area contributed by atoms with Gasteiger partial charge in [0.25, 0.3) is 5.91 Å². The molecule has 0 aliphatic rings. The van der Waals surface area contributed by atoms with Crippen LogP contribution in [0.3, 0.4) is 0 Å². The molecule has 4 heteroatoms. The molecule has 4 rings (SSSR count). The Kier molecular flexibility index (Phi) is 4.70. The van der Waals surface area contributed by atoms with Crippen molar-refractivity contribution in [3.8, 4) is 11.3 Å². The Morgan fingerprint density at radius 3 is 2.50 bits per heavy atom. The lowest BCUT2D eigenvalue weighted by Gasteiger charge is -2.14. The number of carbonyl (C=O) groups is 1. The van der Waals surface area contributed by atoms with Crippen LogP contribution in [0, 0.1) is 12.7 Å². The van der Waals surface area contributed by atoms with Gasteiger partial charge in [-0.2, -0.15) is 0 Å². The minimum absolute atomic E-state index is 0.168. The number of H-pyrrole nitrogens is 1. The normalized spacial score (nSPS) is 12.1. The van der Waals surface area contributed by atoms with Crippen molar-refractivity contribution in [2.75, 3.05) is 0 Å². The molecular formula is C24H21FN2O. The smallest absolute Gasteiger partial charge is 0.251 e. The molecule has 0 saturated heterocycles. The molecule has 28 heavy (non-hydrogen) atoms. The van der Waals surface area contributed by atoms with Gasteiger partial charge in [0.05, 0.1) is 6.04 Å². The van der Waals surface area contributed by atoms with E-state index in [2.05, 4.69) is 41.5 Å². The highest BCUT2D eigenvalue weighted by atomic mass is 19.1. The molecule has 0 saturated carbocycles. The van der Waals surface area contributed by atoms with Crippen molar-refractivity contribution in [3.63, 3.8) is 0 Å². The van der Waals surface area contributed by atoms with Gasteiger partial charge in [0.2, 0.25) is 0 Å². The second kappa shape index (κ2) is 7.31. The highest BCUT2D eigenvalue weighted by Gasteiger charge is 2.13. The van der Waals surface area contributed by atoms with Gasteiger partial charge < -0.3 is 10.3 Å². The number of aryl methyl sites for hydroxylation is 1. The van der Waals surface area contributed by atoms with Crippen molar-refractivity contribution in [2.24, 2.45) is 0 Å². The molecule has 1 unspecified atom stereocenters. The van der Waals surface area contributed by atoms with Crippen molar-refractivity contribution in [3.05, 3.63) is 95.3 Å². The zero-order valence-corrected chi connectivity index (χ0v) is 15.8. The van der Waals surface area contributed by atoms with Gasteiger partial charge in [-0.05, 0) is 67.4 Å². The highest BCUT2D eigenvalue weighted by molar-refractivity contribution is 5.94. The Bertz CT molecular complexity index is 1140. The van der Waals surface area contributed by atoms with Gasteiger partial charge in [-0.25, -0.2) is 4.39 Å². The lowest BCUT2D eigenvalue weighted by Crippen LogP contribution is -2.26. The quantitative estimate of drug-likeness (QED) is 0.469. The highest BCUT2D eigenvalue weighted by Crippen LogP contribution is 2.28. The summed E-state index contributed by atoms with van der Waals surface area (Å²) in [6.45, 7) is 4.04. The van der Waals surface area contributed by atoms with Crippen LogP contribution in [0.1, 0.15) is 34.5 Å². The molecule has 0 aliphatic heterocycles. The van der Waals surface area contributed by atoms with Crippen molar-refractivity contribution in [1.82, 2.24) is 10.3 Å². The summed E-state index contributed by atoms with van der Waals surface area (Å²) in [6.07, 6.45) is 0. The molecule has 1 aromatic heterocycles. The number of aromatic amines is 1. The summed E-state index contributed by atoms with van der Waals surface area (Å²) in [5.74, 6) is -0.575. The van der Waals surface area contributed by atoms with Crippen LogP contribution >= 0.6 is 0 Å². The van der Waals surface area contributed by atoms with Crippen LogP contribution in [0.15, 0.2) is 72.8 Å². The molecule has 0 fully saturated rings. The number of carbonyl (C=O) groups excluding carboxylic acids is 1. The maximum absolute atomic E-state index is 13.0. The van der Waals surface area contributed by atoms with E-state index in [-0.39, 0.29) is 17.8 Å². The molecule has 140 valence electrons. The van der Waals surface area contributed by atoms with E-state index in [1.807, 2.05) is 31.2 Å². The van der Waals surface area contributed by atoms with Gasteiger partial charge in [0, 0.05) is 27.7 Å². The Balaban J connectivity index is 1.58. The molecule has 0 spiro atoms. The maximum Gasteiger partial charge on any atom is 0.251 e. The maximum atomic E-state index is 13.0. The summed E-state index contributed by atoms with van der Waals surface area (Å²) in [6, 6.07) is 21.9. The van der Waals surface area contributed by atoms with Gasteiger partial charge >= 0.3 is 0 Å². The number of aromatic nitrogens is 1. The first-order valence-corrected chi connectivity index (χ1v) is 9.26. The fraction of sp³-hybridized carbons (Fsp3) is 0.125. The Labute approximate surface area is 163 Å². The zero-order chi connectivity index (χ0) is 19.7. The second-order valence-electron chi connectivity index (χ2n) is 7.05.